The van der Waals surface area contributed by atoms with Crippen LogP contribution in [0.15, 0.2) is 90.2 Å². The zero-order valence-corrected chi connectivity index (χ0v) is 17.1. The quantitative estimate of drug-likeness (QED) is 0.338. The largest absolute Gasteiger partial charge is 0.496 e. The van der Waals surface area contributed by atoms with Gasteiger partial charge >= 0.3 is 0 Å². The second kappa shape index (κ2) is 9.09. The Labute approximate surface area is 176 Å². The lowest BCUT2D eigenvalue weighted by molar-refractivity contribution is 0.416. The number of rotatable bonds is 7. The highest BCUT2D eigenvalue weighted by Gasteiger charge is 2.14. The number of para-hydroxylation sites is 2. The number of aromatic nitrogens is 2. The molecule has 0 unspecified atom stereocenters. The van der Waals surface area contributed by atoms with Gasteiger partial charge in [0.25, 0.3) is 0 Å². The van der Waals surface area contributed by atoms with E-state index in [2.05, 4.69) is 35.7 Å². The molecule has 0 saturated carbocycles. The number of nitrogens with zero attached hydrogens (tertiary/aromatic N) is 3. The van der Waals surface area contributed by atoms with Gasteiger partial charge in [-0.15, -0.1) is 0 Å². The van der Waals surface area contributed by atoms with Gasteiger partial charge in [0.2, 0.25) is 0 Å². The third-order valence-electron chi connectivity index (χ3n) is 4.87. The molecule has 0 aliphatic carbocycles. The van der Waals surface area contributed by atoms with Gasteiger partial charge in [0.05, 0.1) is 25.6 Å². The Balaban J connectivity index is 1.68. The van der Waals surface area contributed by atoms with Crippen molar-refractivity contribution in [1.82, 2.24) is 9.78 Å². The summed E-state index contributed by atoms with van der Waals surface area (Å²) in [5.74, 6) is 0.781. The Morgan fingerprint density at radius 1 is 0.967 bits per heavy atom. The topological polar surface area (TPSA) is 51.4 Å². The molecular weight excluding hydrogens is 372 g/mol. The van der Waals surface area contributed by atoms with E-state index in [1.54, 1.807) is 7.11 Å². The van der Waals surface area contributed by atoms with Crippen molar-refractivity contribution in [3.8, 4) is 17.0 Å². The molecule has 1 aromatic heterocycles. The van der Waals surface area contributed by atoms with Gasteiger partial charge in [-0.25, -0.2) is 0 Å². The minimum absolute atomic E-state index is 0.683. The molecule has 1 heterocycles. The van der Waals surface area contributed by atoms with E-state index in [9.17, 15) is 0 Å². The predicted octanol–water partition coefficient (Wildman–Crippen LogP) is 5.36. The molecule has 3 aromatic carbocycles. The van der Waals surface area contributed by atoms with E-state index in [0.29, 0.717) is 6.54 Å². The van der Waals surface area contributed by atoms with Crippen molar-refractivity contribution in [1.29, 1.82) is 0 Å². The van der Waals surface area contributed by atoms with Crippen LogP contribution in [0.25, 0.3) is 11.3 Å². The van der Waals surface area contributed by atoms with Gasteiger partial charge in [-0.2, -0.15) is 10.2 Å². The van der Waals surface area contributed by atoms with Crippen molar-refractivity contribution in [2.75, 3.05) is 12.5 Å². The van der Waals surface area contributed by atoms with Crippen molar-refractivity contribution in [3.05, 3.63) is 102 Å². The first-order valence-corrected chi connectivity index (χ1v) is 9.84. The number of hydrogen-bond acceptors (Lipinski definition) is 4. The lowest BCUT2D eigenvalue weighted by atomic mass is 10.1. The highest BCUT2D eigenvalue weighted by atomic mass is 16.5. The van der Waals surface area contributed by atoms with Crippen molar-refractivity contribution in [2.45, 2.75) is 13.5 Å². The fourth-order valence-corrected chi connectivity index (χ4v) is 3.30. The summed E-state index contributed by atoms with van der Waals surface area (Å²) in [6.07, 6.45) is 3.82. The lowest BCUT2D eigenvalue weighted by Gasteiger charge is -2.07. The molecule has 1 N–H and O–H groups in total. The van der Waals surface area contributed by atoms with Crippen LogP contribution in [0, 0.1) is 6.92 Å². The van der Waals surface area contributed by atoms with Crippen LogP contribution in [0.5, 0.6) is 5.75 Å². The van der Waals surface area contributed by atoms with Gasteiger partial charge in [0.1, 0.15) is 11.4 Å². The molecule has 0 radical (unpaired) electrons. The molecule has 0 fully saturated rings. The van der Waals surface area contributed by atoms with Crippen LogP contribution in [0.1, 0.15) is 16.7 Å². The maximum absolute atomic E-state index is 5.56. The minimum atomic E-state index is 0.683. The summed E-state index contributed by atoms with van der Waals surface area (Å²) in [5.41, 5.74) is 9.11. The van der Waals surface area contributed by atoms with Crippen molar-refractivity contribution >= 4 is 11.9 Å². The monoisotopic (exact) mass is 396 g/mol. The van der Waals surface area contributed by atoms with Crippen LogP contribution in [0.4, 0.5) is 5.69 Å². The molecule has 0 spiro atoms. The molecule has 0 atom stereocenters. The van der Waals surface area contributed by atoms with Crippen LogP contribution < -0.4 is 10.2 Å². The summed E-state index contributed by atoms with van der Waals surface area (Å²) >= 11 is 0. The number of anilines is 1. The summed E-state index contributed by atoms with van der Waals surface area (Å²) in [5, 5.41) is 9.31. The summed E-state index contributed by atoms with van der Waals surface area (Å²) in [6, 6.07) is 26.2. The Morgan fingerprint density at radius 2 is 1.70 bits per heavy atom. The Bertz CT molecular complexity index is 1150. The maximum atomic E-state index is 5.56. The van der Waals surface area contributed by atoms with Crippen LogP contribution in [0.2, 0.25) is 0 Å². The molecule has 5 heteroatoms. The molecule has 0 bridgehead atoms. The second-order valence-corrected chi connectivity index (χ2v) is 7.00. The minimum Gasteiger partial charge on any atom is -0.496 e. The van der Waals surface area contributed by atoms with Gasteiger partial charge in [0.15, 0.2) is 0 Å². The Morgan fingerprint density at radius 3 is 2.50 bits per heavy atom. The predicted molar refractivity (Wildman–Crippen MR) is 122 cm³/mol. The molecule has 4 aromatic rings. The first-order chi connectivity index (χ1) is 14.7. The van der Waals surface area contributed by atoms with Crippen LogP contribution >= 0.6 is 0 Å². The summed E-state index contributed by atoms with van der Waals surface area (Å²) in [7, 11) is 1.67. The normalized spacial score (nSPS) is 11.0. The fraction of sp³-hybridized carbons (Fsp3) is 0.120. The smallest absolute Gasteiger partial charge is 0.128 e. The standard InChI is InChI=1S/C25H24N4O/c1-19-10-6-8-14-23(19)27-26-16-21-18-29(17-20-11-4-3-5-12-20)28-25(21)22-13-7-9-15-24(22)30-2/h3-16,18,27H,17H2,1-2H3/b26-16-. The summed E-state index contributed by atoms with van der Waals surface area (Å²) < 4.78 is 7.50. The molecule has 0 saturated heterocycles. The number of ether oxygens (including phenoxy) is 1. The fourth-order valence-electron chi connectivity index (χ4n) is 3.30. The van der Waals surface area contributed by atoms with Crippen LogP contribution in [0.3, 0.4) is 0 Å². The van der Waals surface area contributed by atoms with E-state index >= 15 is 0 Å². The van der Waals surface area contributed by atoms with Crippen molar-refractivity contribution < 1.29 is 4.74 Å². The van der Waals surface area contributed by atoms with E-state index in [0.717, 1.165) is 33.8 Å². The third-order valence-corrected chi connectivity index (χ3v) is 4.87. The molecule has 0 aliphatic heterocycles. The number of benzene rings is 3. The van der Waals surface area contributed by atoms with Gasteiger partial charge in [0, 0.05) is 17.3 Å². The van der Waals surface area contributed by atoms with E-state index < -0.39 is 0 Å². The number of nitrogens with one attached hydrogen (secondary N) is 1. The molecule has 5 nitrogen and oxygen atoms in total. The van der Waals surface area contributed by atoms with Crippen molar-refractivity contribution in [2.24, 2.45) is 5.10 Å². The maximum Gasteiger partial charge on any atom is 0.128 e. The SMILES string of the molecule is COc1ccccc1-c1nn(Cc2ccccc2)cc1/C=N\Nc1ccccc1C. The first kappa shape index (κ1) is 19.5. The van der Waals surface area contributed by atoms with Crippen molar-refractivity contribution in [3.63, 3.8) is 0 Å². The Hall–Kier alpha value is -3.86. The van der Waals surface area contributed by atoms with Crippen LogP contribution in [-0.2, 0) is 6.54 Å². The average Bonchev–Trinajstić information content (AvgIpc) is 3.18. The Kier molecular flexibility index (Phi) is 5.90. The van der Waals surface area contributed by atoms with Gasteiger partial charge in [-0.1, -0.05) is 60.7 Å². The molecule has 150 valence electrons. The van der Waals surface area contributed by atoms with Gasteiger partial charge in [-0.05, 0) is 36.2 Å². The third kappa shape index (κ3) is 4.41. The average molecular weight is 396 g/mol. The molecule has 4 rings (SSSR count). The van der Waals surface area contributed by atoms with E-state index in [-0.39, 0.29) is 0 Å². The van der Waals surface area contributed by atoms with Gasteiger partial charge in [-0.3, -0.25) is 10.1 Å². The van der Waals surface area contributed by atoms with Crippen LogP contribution in [-0.4, -0.2) is 23.1 Å². The molecule has 30 heavy (non-hydrogen) atoms. The van der Waals surface area contributed by atoms with Gasteiger partial charge < -0.3 is 4.74 Å². The number of hydrogen-bond donors (Lipinski definition) is 1. The number of aryl methyl sites for hydroxylation is 1. The number of hydrazone groups is 1. The first-order valence-electron chi connectivity index (χ1n) is 9.84. The summed E-state index contributed by atoms with van der Waals surface area (Å²) in [6.45, 7) is 2.73. The molecule has 0 amide bonds. The summed E-state index contributed by atoms with van der Waals surface area (Å²) in [4.78, 5) is 0. The highest BCUT2D eigenvalue weighted by molar-refractivity contribution is 5.90. The second-order valence-electron chi connectivity index (χ2n) is 7.00. The van der Waals surface area contributed by atoms with E-state index in [4.69, 9.17) is 9.84 Å². The van der Waals surface area contributed by atoms with E-state index in [1.165, 1.54) is 5.56 Å². The highest BCUT2D eigenvalue weighted by Crippen LogP contribution is 2.30. The molecule has 0 aliphatic rings. The zero-order chi connectivity index (χ0) is 20.8. The zero-order valence-electron chi connectivity index (χ0n) is 17.1. The van der Waals surface area contributed by atoms with E-state index in [1.807, 2.05) is 77.8 Å². The number of methoxy groups -OCH3 is 1. The molecular formula is C25H24N4O. The lowest BCUT2D eigenvalue weighted by Crippen LogP contribution is -2.00.